The molecule has 1 heterocycles. The van der Waals surface area contributed by atoms with E-state index < -0.39 is 18.2 Å². The molecule has 2 unspecified atom stereocenters. The van der Waals surface area contributed by atoms with Gasteiger partial charge >= 0.3 is 6.18 Å². The van der Waals surface area contributed by atoms with E-state index in [4.69, 9.17) is 9.26 Å². The Kier molecular flexibility index (Phi) is 4.17. The number of ether oxygens (including phenoxy) is 1. The molecular formula is C13H13F3N2O3. The molecule has 0 aliphatic rings. The van der Waals surface area contributed by atoms with Crippen molar-refractivity contribution in [1.82, 2.24) is 10.1 Å². The standard InChI is InChI=1S/C13H13F3N2O3/c1-7(10(19)13(14,15)16)12-17-11(18-21-12)8-5-3-4-6-9(8)20-2/h3-7,10,19H,1-2H3. The maximum atomic E-state index is 12.5. The molecular weight excluding hydrogens is 289 g/mol. The Morgan fingerprint density at radius 1 is 1.29 bits per heavy atom. The van der Waals surface area contributed by atoms with Crippen LogP contribution in [0.1, 0.15) is 18.7 Å². The Morgan fingerprint density at radius 2 is 1.95 bits per heavy atom. The summed E-state index contributed by atoms with van der Waals surface area (Å²) in [4.78, 5) is 3.91. The van der Waals surface area contributed by atoms with Gasteiger partial charge in [-0.05, 0) is 12.1 Å². The quantitative estimate of drug-likeness (QED) is 0.940. The minimum atomic E-state index is -4.75. The van der Waals surface area contributed by atoms with Crippen LogP contribution in [0.2, 0.25) is 0 Å². The summed E-state index contributed by atoms with van der Waals surface area (Å²) in [6, 6.07) is 6.76. The number of para-hydroxylation sites is 1. The summed E-state index contributed by atoms with van der Waals surface area (Å²) in [5, 5.41) is 12.8. The first-order valence-electron chi connectivity index (χ1n) is 6.06. The average molecular weight is 302 g/mol. The van der Waals surface area contributed by atoms with Crippen LogP contribution in [0.4, 0.5) is 13.2 Å². The number of halogens is 3. The van der Waals surface area contributed by atoms with Gasteiger partial charge in [-0.15, -0.1) is 0 Å². The number of aromatic nitrogens is 2. The van der Waals surface area contributed by atoms with Gasteiger partial charge in [0.05, 0.1) is 18.6 Å². The number of hydrogen-bond donors (Lipinski definition) is 1. The van der Waals surface area contributed by atoms with E-state index in [0.717, 1.165) is 6.92 Å². The van der Waals surface area contributed by atoms with Crippen molar-refractivity contribution in [1.29, 1.82) is 0 Å². The molecule has 1 N–H and O–H groups in total. The van der Waals surface area contributed by atoms with E-state index in [0.29, 0.717) is 11.3 Å². The zero-order valence-electron chi connectivity index (χ0n) is 11.3. The summed E-state index contributed by atoms with van der Waals surface area (Å²) in [6.45, 7) is 1.16. The number of rotatable bonds is 4. The Labute approximate surface area is 118 Å². The molecule has 0 bridgehead atoms. The summed E-state index contributed by atoms with van der Waals surface area (Å²) >= 11 is 0. The van der Waals surface area contributed by atoms with Gasteiger partial charge in [-0.2, -0.15) is 18.2 Å². The molecule has 5 nitrogen and oxygen atoms in total. The van der Waals surface area contributed by atoms with Gasteiger partial charge in [0, 0.05) is 0 Å². The second kappa shape index (κ2) is 5.72. The summed E-state index contributed by atoms with van der Waals surface area (Å²) in [6.07, 6.45) is -7.32. The molecule has 0 aliphatic heterocycles. The van der Waals surface area contributed by atoms with Crippen LogP contribution in [0.15, 0.2) is 28.8 Å². The molecule has 0 saturated heterocycles. The first-order chi connectivity index (χ1) is 9.84. The first kappa shape index (κ1) is 15.3. The lowest BCUT2D eigenvalue weighted by Crippen LogP contribution is -2.33. The van der Waals surface area contributed by atoms with E-state index in [1.807, 2.05) is 0 Å². The van der Waals surface area contributed by atoms with Gasteiger partial charge in [0.2, 0.25) is 11.7 Å². The average Bonchev–Trinajstić information content (AvgIpc) is 2.94. The molecule has 2 atom stereocenters. The molecule has 0 fully saturated rings. The smallest absolute Gasteiger partial charge is 0.415 e. The van der Waals surface area contributed by atoms with Gasteiger partial charge in [0.25, 0.3) is 0 Å². The lowest BCUT2D eigenvalue weighted by Gasteiger charge is -2.17. The molecule has 8 heteroatoms. The third-order valence-corrected chi connectivity index (χ3v) is 2.99. The molecule has 1 aromatic heterocycles. The largest absolute Gasteiger partial charge is 0.496 e. The van der Waals surface area contributed by atoms with Crippen molar-refractivity contribution in [3.8, 4) is 17.1 Å². The molecule has 0 aliphatic carbocycles. The minimum Gasteiger partial charge on any atom is -0.496 e. The van der Waals surface area contributed by atoms with E-state index in [-0.39, 0.29) is 11.7 Å². The third kappa shape index (κ3) is 3.15. The normalized spacial score (nSPS) is 14.8. The molecule has 1 aromatic carbocycles. The van der Waals surface area contributed by atoms with Crippen LogP contribution < -0.4 is 4.74 Å². The van der Waals surface area contributed by atoms with Crippen molar-refractivity contribution in [2.45, 2.75) is 25.1 Å². The Morgan fingerprint density at radius 3 is 2.57 bits per heavy atom. The second-order valence-electron chi connectivity index (χ2n) is 4.43. The van der Waals surface area contributed by atoms with Gasteiger partial charge in [-0.1, -0.05) is 24.2 Å². The van der Waals surface area contributed by atoms with Crippen LogP contribution >= 0.6 is 0 Å². The highest BCUT2D eigenvalue weighted by atomic mass is 19.4. The van der Waals surface area contributed by atoms with E-state index >= 15 is 0 Å². The van der Waals surface area contributed by atoms with Crippen molar-refractivity contribution in [3.05, 3.63) is 30.2 Å². The SMILES string of the molecule is COc1ccccc1-c1noc(C(C)C(O)C(F)(F)F)n1. The monoisotopic (exact) mass is 302 g/mol. The number of nitrogens with zero attached hydrogens (tertiary/aromatic N) is 2. The number of alkyl halides is 3. The first-order valence-corrected chi connectivity index (χ1v) is 6.06. The molecule has 2 aromatic rings. The fourth-order valence-corrected chi connectivity index (χ4v) is 1.78. The van der Waals surface area contributed by atoms with Crippen molar-refractivity contribution in [3.63, 3.8) is 0 Å². The number of aliphatic hydroxyl groups excluding tert-OH is 1. The van der Waals surface area contributed by atoms with Gasteiger partial charge in [0.1, 0.15) is 5.75 Å². The van der Waals surface area contributed by atoms with Crippen LogP contribution in [-0.4, -0.2) is 34.6 Å². The van der Waals surface area contributed by atoms with Crippen LogP contribution in [0.3, 0.4) is 0 Å². The number of aliphatic hydroxyl groups is 1. The molecule has 0 radical (unpaired) electrons. The zero-order chi connectivity index (χ0) is 15.6. The lowest BCUT2D eigenvalue weighted by molar-refractivity contribution is -0.210. The van der Waals surface area contributed by atoms with Gasteiger partial charge in [-0.3, -0.25) is 0 Å². The van der Waals surface area contributed by atoms with Gasteiger partial charge in [-0.25, -0.2) is 0 Å². The highest BCUT2D eigenvalue weighted by Gasteiger charge is 2.44. The van der Waals surface area contributed by atoms with Crippen LogP contribution in [0.25, 0.3) is 11.4 Å². The minimum absolute atomic E-state index is 0.101. The number of benzene rings is 1. The zero-order valence-corrected chi connectivity index (χ0v) is 11.3. The third-order valence-electron chi connectivity index (χ3n) is 2.99. The van der Waals surface area contributed by atoms with Crippen molar-refractivity contribution >= 4 is 0 Å². The topological polar surface area (TPSA) is 68.4 Å². The summed E-state index contributed by atoms with van der Waals surface area (Å²) < 4.78 is 47.4. The molecule has 0 spiro atoms. The fraction of sp³-hybridized carbons (Fsp3) is 0.385. The van der Waals surface area contributed by atoms with E-state index in [2.05, 4.69) is 10.1 Å². The van der Waals surface area contributed by atoms with Crippen LogP contribution in [0.5, 0.6) is 5.75 Å². The van der Waals surface area contributed by atoms with E-state index in [1.54, 1.807) is 24.3 Å². The van der Waals surface area contributed by atoms with Gasteiger partial charge < -0.3 is 14.4 Å². The van der Waals surface area contributed by atoms with Crippen molar-refractivity contribution in [2.75, 3.05) is 7.11 Å². The Balaban J connectivity index is 2.30. The molecule has 0 amide bonds. The second-order valence-corrected chi connectivity index (χ2v) is 4.43. The fourth-order valence-electron chi connectivity index (χ4n) is 1.78. The molecule has 0 saturated carbocycles. The highest BCUT2D eigenvalue weighted by Crippen LogP contribution is 2.33. The summed E-state index contributed by atoms with van der Waals surface area (Å²) in [5.41, 5.74) is 0.490. The Bertz CT molecular complexity index is 613. The summed E-state index contributed by atoms with van der Waals surface area (Å²) in [5.74, 6) is -1.08. The number of hydrogen-bond acceptors (Lipinski definition) is 5. The van der Waals surface area contributed by atoms with E-state index in [9.17, 15) is 18.3 Å². The molecule has 114 valence electrons. The number of methoxy groups -OCH3 is 1. The van der Waals surface area contributed by atoms with Crippen LogP contribution in [-0.2, 0) is 0 Å². The van der Waals surface area contributed by atoms with Crippen molar-refractivity contribution in [2.24, 2.45) is 0 Å². The molecule has 2 rings (SSSR count). The van der Waals surface area contributed by atoms with Crippen molar-refractivity contribution < 1.29 is 27.5 Å². The predicted octanol–water partition coefficient (Wildman–Crippen LogP) is 2.77. The maximum absolute atomic E-state index is 12.5. The lowest BCUT2D eigenvalue weighted by atomic mass is 10.0. The summed E-state index contributed by atoms with van der Waals surface area (Å²) in [7, 11) is 1.45. The molecule has 21 heavy (non-hydrogen) atoms. The highest BCUT2D eigenvalue weighted by molar-refractivity contribution is 5.63. The van der Waals surface area contributed by atoms with Gasteiger partial charge in [0.15, 0.2) is 6.10 Å². The maximum Gasteiger partial charge on any atom is 0.415 e. The van der Waals surface area contributed by atoms with Crippen LogP contribution in [0, 0.1) is 0 Å². The Hall–Kier alpha value is -2.09. The predicted molar refractivity (Wildman–Crippen MR) is 66.8 cm³/mol. The van der Waals surface area contributed by atoms with E-state index in [1.165, 1.54) is 7.11 Å².